The Balaban J connectivity index is 1.32. The molecule has 2 aliphatic rings. The number of carbonyl (C=O) groups excluding carboxylic acids is 1. The van der Waals surface area contributed by atoms with Crippen molar-refractivity contribution in [2.24, 2.45) is 0 Å². The molecule has 5 rings (SSSR count). The van der Waals surface area contributed by atoms with Gasteiger partial charge in [-0.05, 0) is 56.3 Å². The van der Waals surface area contributed by atoms with Crippen molar-refractivity contribution in [2.75, 3.05) is 13.1 Å². The summed E-state index contributed by atoms with van der Waals surface area (Å²) < 4.78 is 7.77. The van der Waals surface area contributed by atoms with Gasteiger partial charge in [0.2, 0.25) is 0 Å². The maximum atomic E-state index is 13.0. The minimum atomic E-state index is 0.0592. The smallest absolute Gasteiger partial charge is 0.274 e. The predicted molar refractivity (Wildman–Crippen MR) is 101 cm³/mol. The lowest BCUT2D eigenvalue weighted by Crippen LogP contribution is -2.38. The minimum absolute atomic E-state index is 0.0592. The van der Waals surface area contributed by atoms with E-state index < -0.39 is 0 Å². The number of nitrogens with zero attached hydrogens (tertiary/aromatic N) is 5. The number of carbonyl (C=O) groups is 1. The Morgan fingerprint density at radius 3 is 2.77 bits per heavy atom. The fourth-order valence-corrected chi connectivity index (χ4v) is 4.62. The number of aromatic nitrogens is 4. The number of piperidine rings is 1. The zero-order valence-electron chi connectivity index (χ0n) is 14.8. The van der Waals surface area contributed by atoms with Crippen LogP contribution in [0.5, 0.6) is 0 Å². The van der Waals surface area contributed by atoms with Crippen LogP contribution in [0.25, 0.3) is 10.1 Å². The maximum absolute atomic E-state index is 13.0. The fraction of sp³-hybridized carbons (Fsp3) is 0.474. The van der Waals surface area contributed by atoms with Crippen molar-refractivity contribution in [3.8, 4) is 0 Å². The van der Waals surface area contributed by atoms with Crippen LogP contribution in [0.2, 0.25) is 0 Å². The van der Waals surface area contributed by atoms with Crippen LogP contribution in [-0.4, -0.2) is 43.0 Å². The molecule has 26 heavy (non-hydrogen) atoms. The normalized spacial score (nSPS) is 18.6. The molecule has 1 saturated heterocycles. The summed E-state index contributed by atoms with van der Waals surface area (Å²) in [6.45, 7) is 3.56. The van der Waals surface area contributed by atoms with Crippen LogP contribution < -0.4 is 0 Å². The van der Waals surface area contributed by atoms with Gasteiger partial charge in [0.05, 0.1) is 4.70 Å². The molecule has 0 radical (unpaired) electrons. The Kier molecular flexibility index (Phi) is 3.77. The van der Waals surface area contributed by atoms with Crippen molar-refractivity contribution in [1.82, 2.24) is 24.0 Å². The van der Waals surface area contributed by atoms with Crippen molar-refractivity contribution in [3.63, 3.8) is 0 Å². The first kappa shape index (κ1) is 15.9. The van der Waals surface area contributed by atoms with E-state index in [1.807, 2.05) is 18.2 Å². The molecule has 0 N–H and O–H groups in total. The molecule has 2 aromatic heterocycles. The maximum Gasteiger partial charge on any atom is 0.274 e. The van der Waals surface area contributed by atoms with Gasteiger partial charge in [-0.1, -0.05) is 11.6 Å². The molecule has 3 aromatic rings. The van der Waals surface area contributed by atoms with Gasteiger partial charge >= 0.3 is 0 Å². The van der Waals surface area contributed by atoms with Crippen LogP contribution >= 0.6 is 11.5 Å². The highest BCUT2D eigenvalue weighted by molar-refractivity contribution is 7.13. The van der Waals surface area contributed by atoms with Gasteiger partial charge in [0, 0.05) is 30.4 Å². The molecule has 7 heteroatoms. The second kappa shape index (κ2) is 6.16. The van der Waals surface area contributed by atoms with E-state index in [0.29, 0.717) is 17.7 Å². The molecule has 2 fully saturated rings. The van der Waals surface area contributed by atoms with Crippen LogP contribution in [0.3, 0.4) is 0 Å². The van der Waals surface area contributed by atoms with Crippen LogP contribution in [-0.2, 0) is 0 Å². The van der Waals surface area contributed by atoms with Crippen LogP contribution in [0.1, 0.15) is 59.5 Å². The molecule has 1 amide bonds. The molecule has 1 aliphatic carbocycles. The lowest BCUT2D eigenvalue weighted by Gasteiger charge is -2.31. The van der Waals surface area contributed by atoms with Gasteiger partial charge in [-0.2, -0.15) is 4.37 Å². The molecular formula is C19H21N5OS. The third-order valence-corrected chi connectivity index (χ3v) is 6.34. The molecule has 0 unspecified atom stereocenters. The predicted octanol–water partition coefficient (Wildman–Crippen LogP) is 3.55. The van der Waals surface area contributed by atoms with E-state index in [9.17, 15) is 4.79 Å². The number of hydrogen-bond donors (Lipinski definition) is 0. The first-order chi connectivity index (χ1) is 12.7. The van der Waals surface area contributed by atoms with Crippen molar-refractivity contribution in [3.05, 3.63) is 41.6 Å². The minimum Gasteiger partial charge on any atom is -0.337 e. The van der Waals surface area contributed by atoms with E-state index in [-0.39, 0.29) is 5.91 Å². The number of aryl methyl sites for hydroxylation is 1. The highest BCUT2D eigenvalue weighted by atomic mass is 32.1. The Bertz CT molecular complexity index is 965. The quantitative estimate of drug-likeness (QED) is 0.710. The van der Waals surface area contributed by atoms with Crippen molar-refractivity contribution in [2.45, 2.75) is 44.6 Å². The molecule has 0 spiro atoms. The van der Waals surface area contributed by atoms with E-state index in [0.717, 1.165) is 47.4 Å². The molecule has 1 aromatic carbocycles. The second-order valence-corrected chi connectivity index (χ2v) is 8.23. The second-order valence-electron chi connectivity index (χ2n) is 7.42. The van der Waals surface area contributed by atoms with Gasteiger partial charge < -0.3 is 9.47 Å². The van der Waals surface area contributed by atoms with E-state index in [4.69, 9.17) is 0 Å². The summed E-state index contributed by atoms with van der Waals surface area (Å²) in [6, 6.07) is 6.78. The van der Waals surface area contributed by atoms with Gasteiger partial charge in [0.25, 0.3) is 5.91 Å². The number of hydrogen-bond acceptors (Lipinski definition) is 5. The summed E-state index contributed by atoms with van der Waals surface area (Å²) in [7, 11) is 0. The van der Waals surface area contributed by atoms with Crippen LogP contribution in [0, 0.1) is 6.92 Å². The first-order valence-corrected chi connectivity index (χ1v) is 10.0. The van der Waals surface area contributed by atoms with Gasteiger partial charge in [0.15, 0.2) is 0 Å². The fourth-order valence-electron chi connectivity index (χ4n) is 3.88. The number of fused-ring (bicyclic) bond motifs is 1. The molecule has 1 saturated carbocycles. The van der Waals surface area contributed by atoms with E-state index >= 15 is 0 Å². The summed E-state index contributed by atoms with van der Waals surface area (Å²) >= 11 is 1.41. The summed E-state index contributed by atoms with van der Waals surface area (Å²) in [5.74, 6) is 1.56. The monoisotopic (exact) mass is 367 g/mol. The van der Waals surface area contributed by atoms with E-state index in [2.05, 4.69) is 37.3 Å². The van der Waals surface area contributed by atoms with Crippen molar-refractivity contribution in [1.29, 1.82) is 0 Å². The van der Waals surface area contributed by atoms with Gasteiger partial charge in [-0.15, -0.1) is 10.2 Å². The zero-order chi connectivity index (χ0) is 17.7. The Morgan fingerprint density at radius 2 is 2.00 bits per heavy atom. The lowest BCUT2D eigenvalue weighted by molar-refractivity contribution is 0.0707. The van der Waals surface area contributed by atoms with E-state index in [1.54, 1.807) is 0 Å². The molecule has 1 aliphatic heterocycles. The molecule has 0 atom stereocenters. The average molecular weight is 367 g/mol. The molecule has 0 bridgehead atoms. The average Bonchev–Trinajstić information content (AvgIpc) is 3.24. The molecular weight excluding hydrogens is 346 g/mol. The third-order valence-electron chi connectivity index (χ3n) is 5.52. The third kappa shape index (κ3) is 2.70. The highest BCUT2D eigenvalue weighted by Gasteiger charge is 2.32. The molecule has 6 nitrogen and oxygen atoms in total. The number of amides is 1. The number of likely N-dealkylation sites (tertiary alicyclic amines) is 1. The number of rotatable bonds is 3. The summed E-state index contributed by atoms with van der Waals surface area (Å²) in [5, 5.41) is 9.47. The first-order valence-electron chi connectivity index (χ1n) is 9.25. The highest BCUT2D eigenvalue weighted by Crippen LogP contribution is 2.38. The largest absolute Gasteiger partial charge is 0.337 e. The Hall–Kier alpha value is -2.28. The van der Waals surface area contributed by atoms with Crippen molar-refractivity contribution < 1.29 is 4.79 Å². The lowest BCUT2D eigenvalue weighted by atomic mass is 9.95. The number of benzene rings is 1. The van der Waals surface area contributed by atoms with Crippen LogP contribution in [0.15, 0.2) is 24.5 Å². The van der Waals surface area contributed by atoms with Gasteiger partial charge in [0.1, 0.15) is 17.8 Å². The van der Waals surface area contributed by atoms with E-state index in [1.165, 1.54) is 24.4 Å². The Labute approximate surface area is 156 Å². The molecule has 134 valence electrons. The standard InChI is InChI=1S/C19H21N5OS/c1-12-2-5-16-15(10-12)17(22-26-16)19(25)23-8-6-13(7-9-23)18-21-20-11-24(18)14-3-4-14/h2,5,10-11,13-14H,3-4,6-9H2,1H3. The zero-order valence-corrected chi connectivity index (χ0v) is 15.6. The van der Waals surface area contributed by atoms with Gasteiger partial charge in [-0.3, -0.25) is 4.79 Å². The Morgan fingerprint density at radius 1 is 1.19 bits per heavy atom. The van der Waals surface area contributed by atoms with Crippen LogP contribution in [0.4, 0.5) is 0 Å². The topological polar surface area (TPSA) is 63.9 Å². The summed E-state index contributed by atoms with van der Waals surface area (Å²) in [5.41, 5.74) is 1.76. The summed E-state index contributed by atoms with van der Waals surface area (Å²) in [6.07, 6.45) is 6.22. The van der Waals surface area contributed by atoms with Gasteiger partial charge in [-0.25, -0.2) is 0 Å². The molecule has 3 heterocycles. The summed E-state index contributed by atoms with van der Waals surface area (Å²) in [4.78, 5) is 15.0. The van der Waals surface area contributed by atoms with Crippen molar-refractivity contribution >= 4 is 27.5 Å². The SMILES string of the molecule is Cc1ccc2snc(C(=O)N3CCC(c4nncn4C4CC4)CC3)c2c1.